The molecule has 2 aromatic carbocycles. The van der Waals surface area contributed by atoms with Gasteiger partial charge in [0.15, 0.2) is 0 Å². The van der Waals surface area contributed by atoms with Gasteiger partial charge in [-0.2, -0.15) is 0 Å². The first-order valence-corrected chi connectivity index (χ1v) is 5.39. The number of rotatable bonds is 1. The predicted octanol–water partition coefficient (Wildman–Crippen LogP) is 3.01. The first-order chi connectivity index (χ1) is 8.34. The molecular formula is C14H11ClN2O. The molecule has 3 nitrogen and oxygen atoms in total. The van der Waals surface area contributed by atoms with Gasteiger partial charge in [0.25, 0.3) is 5.56 Å². The van der Waals surface area contributed by atoms with E-state index in [0.717, 1.165) is 11.1 Å². The Morgan fingerprint density at radius 2 is 1.56 bits per heavy atom. The lowest BCUT2D eigenvalue weighted by molar-refractivity contribution is 1.18. The van der Waals surface area contributed by atoms with Crippen molar-refractivity contribution in [3.63, 3.8) is 0 Å². The Labute approximate surface area is 110 Å². The van der Waals surface area contributed by atoms with Gasteiger partial charge in [0.2, 0.25) is 0 Å². The van der Waals surface area contributed by atoms with Gasteiger partial charge in [0.05, 0.1) is 10.9 Å². The van der Waals surface area contributed by atoms with Crippen LogP contribution < -0.4 is 5.56 Å². The number of aromatic amines is 1. The lowest BCUT2D eigenvalue weighted by Gasteiger charge is -2.02. The highest BCUT2D eigenvalue weighted by Crippen LogP contribution is 2.15. The van der Waals surface area contributed by atoms with Gasteiger partial charge in [0, 0.05) is 5.56 Å². The largest absolute Gasteiger partial charge is 0.306 e. The molecule has 0 aliphatic heterocycles. The summed E-state index contributed by atoms with van der Waals surface area (Å²) in [4.78, 5) is 19.1. The molecule has 0 fully saturated rings. The molecule has 0 radical (unpaired) electrons. The number of para-hydroxylation sites is 1. The fourth-order valence-electron chi connectivity index (χ4n) is 1.82. The van der Waals surface area contributed by atoms with E-state index in [4.69, 9.17) is 0 Å². The molecule has 0 saturated carbocycles. The number of hydrogen-bond acceptors (Lipinski definition) is 2. The molecule has 0 spiro atoms. The maximum atomic E-state index is 11.9. The summed E-state index contributed by atoms with van der Waals surface area (Å²) >= 11 is 0. The van der Waals surface area contributed by atoms with E-state index >= 15 is 0 Å². The zero-order valence-electron chi connectivity index (χ0n) is 9.46. The van der Waals surface area contributed by atoms with Crippen molar-refractivity contribution in [1.82, 2.24) is 9.97 Å². The fraction of sp³-hybridized carbons (Fsp3) is 0. The molecule has 0 aliphatic carbocycles. The van der Waals surface area contributed by atoms with Gasteiger partial charge in [0.1, 0.15) is 5.82 Å². The summed E-state index contributed by atoms with van der Waals surface area (Å²) in [6.45, 7) is 0. The summed E-state index contributed by atoms with van der Waals surface area (Å²) in [7, 11) is 0. The number of H-pyrrole nitrogens is 1. The Hall–Kier alpha value is -2.13. The standard InChI is InChI=1S/C14H10N2O.ClH/c17-14-11-8-4-5-9-12(11)15-13(16-14)10-6-2-1-3-7-10;/h1-9H,(H,15,16,17);1H. The van der Waals surface area contributed by atoms with Crippen molar-refractivity contribution in [2.24, 2.45) is 0 Å². The molecular weight excluding hydrogens is 248 g/mol. The van der Waals surface area contributed by atoms with Crippen molar-refractivity contribution in [3.05, 3.63) is 65.0 Å². The number of benzene rings is 2. The molecule has 0 saturated heterocycles. The second kappa shape index (κ2) is 5.02. The van der Waals surface area contributed by atoms with Crippen molar-refractivity contribution < 1.29 is 0 Å². The average molecular weight is 259 g/mol. The molecule has 1 heterocycles. The van der Waals surface area contributed by atoms with Crippen LogP contribution in [0, 0.1) is 0 Å². The van der Waals surface area contributed by atoms with Gasteiger partial charge in [-0.15, -0.1) is 12.4 Å². The van der Waals surface area contributed by atoms with Crippen LogP contribution in [0.2, 0.25) is 0 Å². The first kappa shape index (κ1) is 12.3. The molecule has 3 rings (SSSR count). The molecule has 0 amide bonds. The number of halogens is 1. The summed E-state index contributed by atoms with van der Waals surface area (Å²) in [6.07, 6.45) is 0. The topological polar surface area (TPSA) is 45.8 Å². The molecule has 4 heteroatoms. The quantitative estimate of drug-likeness (QED) is 0.729. The Kier molecular flexibility index (Phi) is 3.44. The smallest absolute Gasteiger partial charge is 0.259 e. The van der Waals surface area contributed by atoms with E-state index in [1.54, 1.807) is 6.07 Å². The minimum absolute atomic E-state index is 0. The number of nitrogens with one attached hydrogen (secondary N) is 1. The molecule has 0 atom stereocenters. The van der Waals surface area contributed by atoms with Crippen LogP contribution in [-0.4, -0.2) is 9.97 Å². The van der Waals surface area contributed by atoms with E-state index in [1.807, 2.05) is 48.5 Å². The van der Waals surface area contributed by atoms with Crippen molar-refractivity contribution in [3.8, 4) is 11.4 Å². The fourth-order valence-corrected chi connectivity index (χ4v) is 1.82. The minimum atomic E-state index is -0.102. The Bertz CT molecular complexity index is 722. The van der Waals surface area contributed by atoms with Crippen LogP contribution in [0.15, 0.2) is 59.4 Å². The lowest BCUT2D eigenvalue weighted by Crippen LogP contribution is -2.09. The molecule has 0 unspecified atom stereocenters. The summed E-state index contributed by atoms with van der Waals surface area (Å²) in [5, 5.41) is 0.618. The van der Waals surface area contributed by atoms with E-state index in [9.17, 15) is 4.79 Å². The van der Waals surface area contributed by atoms with Crippen molar-refractivity contribution in [2.45, 2.75) is 0 Å². The third-order valence-corrected chi connectivity index (χ3v) is 2.66. The van der Waals surface area contributed by atoms with Crippen LogP contribution in [-0.2, 0) is 0 Å². The molecule has 0 bridgehead atoms. The van der Waals surface area contributed by atoms with Crippen LogP contribution in [0.3, 0.4) is 0 Å². The van der Waals surface area contributed by atoms with E-state index in [-0.39, 0.29) is 18.0 Å². The van der Waals surface area contributed by atoms with Crippen LogP contribution in [0.5, 0.6) is 0 Å². The van der Waals surface area contributed by atoms with Gasteiger partial charge < -0.3 is 4.98 Å². The van der Waals surface area contributed by atoms with Gasteiger partial charge >= 0.3 is 0 Å². The number of fused-ring (bicyclic) bond motifs is 1. The lowest BCUT2D eigenvalue weighted by atomic mass is 10.2. The molecule has 90 valence electrons. The minimum Gasteiger partial charge on any atom is -0.306 e. The maximum absolute atomic E-state index is 11.9. The average Bonchev–Trinajstić information content (AvgIpc) is 2.40. The monoisotopic (exact) mass is 258 g/mol. The third-order valence-electron chi connectivity index (χ3n) is 2.66. The highest BCUT2D eigenvalue weighted by Gasteiger charge is 2.04. The zero-order valence-corrected chi connectivity index (χ0v) is 10.3. The van der Waals surface area contributed by atoms with Crippen LogP contribution in [0.1, 0.15) is 0 Å². The Balaban J connectivity index is 0.00000120. The van der Waals surface area contributed by atoms with E-state index in [1.165, 1.54) is 0 Å². The number of hydrogen-bond donors (Lipinski definition) is 1. The van der Waals surface area contributed by atoms with Crippen LogP contribution in [0.25, 0.3) is 22.3 Å². The van der Waals surface area contributed by atoms with Crippen LogP contribution >= 0.6 is 12.4 Å². The Morgan fingerprint density at radius 3 is 2.33 bits per heavy atom. The van der Waals surface area contributed by atoms with Gasteiger partial charge in [-0.25, -0.2) is 4.98 Å². The second-order valence-corrected chi connectivity index (χ2v) is 3.80. The summed E-state index contributed by atoms with van der Waals surface area (Å²) in [6, 6.07) is 17.0. The highest BCUT2D eigenvalue weighted by molar-refractivity contribution is 5.85. The normalized spacial score (nSPS) is 10.0. The third kappa shape index (κ3) is 2.13. The highest BCUT2D eigenvalue weighted by atomic mass is 35.5. The SMILES string of the molecule is Cl.O=c1[nH]c(-c2ccccc2)nc2ccccc12. The molecule has 0 aliphatic rings. The maximum Gasteiger partial charge on any atom is 0.259 e. The second-order valence-electron chi connectivity index (χ2n) is 3.80. The van der Waals surface area contributed by atoms with Gasteiger partial charge in [-0.3, -0.25) is 4.79 Å². The number of aromatic nitrogens is 2. The van der Waals surface area contributed by atoms with E-state index in [0.29, 0.717) is 11.2 Å². The summed E-state index contributed by atoms with van der Waals surface area (Å²) in [5.41, 5.74) is 1.53. The first-order valence-electron chi connectivity index (χ1n) is 5.39. The molecule has 3 aromatic rings. The van der Waals surface area contributed by atoms with Gasteiger partial charge in [-0.1, -0.05) is 42.5 Å². The molecule has 18 heavy (non-hydrogen) atoms. The Morgan fingerprint density at radius 1 is 0.889 bits per heavy atom. The summed E-state index contributed by atoms with van der Waals surface area (Å²) < 4.78 is 0. The van der Waals surface area contributed by atoms with Crippen LogP contribution in [0.4, 0.5) is 0 Å². The zero-order chi connectivity index (χ0) is 11.7. The van der Waals surface area contributed by atoms with Gasteiger partial charge in [-0.05, 0) is 12.1 Å². The molecule has 1 aromatic heterocycles. The van der Waals surface area contributed by atoms with E-state index in [2.05, 4.69) is 9.97 Å². The number of nitrogens with zero attached hydrogens (tertiary/aromatic N) is 1. The van der Waals surface area contributed by atoms with Crippen molar-refractivity contribution >= 4 is 23.3 Å². The molecule has 1 N–H and O–H groups in total. The van der Waals surface area contributed by atoms with Crippen molar-refractivity contribution in [1.29, 1.82) is 0 Å². The van der Waals surface area contributed by atoms with E-state index < -0.39 is 0 Å². The van der Waals surface area contributed by atoms with Crippen molar-refractivity contribution in [2.75, 3.05) is 0 Å². The summed E-state index contributed by atoms with van der Waals surface area (Å²) in [5.74, 6) is 0.606. The predicted molar refractivity (Wildman–Crippen MR) is 75.0 cm³/mol.